The van der Waals surface area contributed by atoms with Gasteiger partial charge in [0.1, 0.15) is 5.82 Å². The van der Waals surface area contributed by atoms with Gasteiger partial charge in [-0.15, -0.1) is 0 Å². The van der Waals surface area contributed by atoms with E-state index in [1.54, 1.807) is 0 Å². The molecule has 1 aromatic heterocycles. The van der Waals surface area contributed by atoms with Gasteiger partial charge in [-0.3, -0.25) is 0 Å². The van der Waals surface area contributed by atoms with Gasteiger partial charge in [0.05, 0.1) is 11.4 Å². The molecule has 0 radical (unpaired) electrons. The van der Waals surface area contributed by atoms with Crippen molar-refractivity contribution in [2.24, 2.45) is 0 Å². The molecule has 1 aliphatic rings. The highest BCUT2D eigenvalue weighted by Gasteiger charge is 2.24. The first-order chi connectivity index (χ1) is 9.08. The van der Waals surface area contributed by atoms with Crippen molar-refractivity contribution in [2.45, 2.75) is 40.0 Å². The first-order valence-corrected chi connectivity index (χ1v) is 7.01. The maximum atomic E-state index is 4.86. The van der Waals surface area contributed by atoms with Crippen LogP contribution in [0.5, 0.6) is 0 Å². The second kappa shape index (κ2) is 4.41. The number of anilines is 1. The van der Waals surface area contributed by atoms with E-state index in [1.165, 1.54) is 33.9 Å². The molecule has 0 unspecified atom stereocenters. The molecule has 0 fully saturated rings. The van der Waals surface area contributed by atoms with Crippen LogP contribution < -0.4 is 5.32 Å². The molecule has 0 atom stereocenters. The van der Waals surface area contributed by atoms with Gasteiger partial charge in [0, 0.05) is 12.1 Å². The molecule has 0 aliphatic carbocycles. The van der Waals surface area contributed by atoms with Crippen molar-refractivity contribution in [2.75, 3.05) is 11.9 Å². The SMILES string of the molecule is Cc1ccc(C)c(-n2nc(C(C)C)c3c2NCC3)c1. The standard InChI is InChI=1S/C16H21N3/c1-10(2)15-13-7-8-17-16(13)19(18-15)14-9-11(3)5-6-12(14)4/h5-6,9-10,17H,7-8H2,1-4H3. The minimum Gasteiger partial charge on any atom is -0.369 e. The van der Waals surface area contributed by atoms with E-state index in [-0.39, 0.29) is 0 Å². The lowest BCUT2D eigenvalue weighted by molar-refractivity contribution is 0.754. The number of benzene rings is 1. The molecular formula is C16H21N3. The molecule has 3 rings (SSSR count). The Kier molecular flexibility index (Phi) is 2.85. The summed E-state index contributed by atoms with van der Waals surface area (Å²) in [5.41, 5.74) is 6.36. The molecule has 2 aromatic rings. The Balaban J connectivity index is 2.21. The van der Waals surface area contributed by atoms with Crippen LogP contribution in [0.25, 0.3) is 5.69 Å². The second-order valence-corrected chi connectivity index (χ2v) is 5.75. The zero-order valence-corrected chi connectivity index (χ0v) is 12.1. The molecule has 0 saturated carbocycles. The molecule has 2 heterocycles. The number of nitrogens with one attached hydrogen (secondary N) is 1. The van der Waals surface area contributed by atoms with Crippen LogP contribution in [0.3, 0.4) is 0 Å². The third-order valence-electron chi connectivity index (χ3n) is 3.82. The highest BCUT2D eigenvalue weighted by atomic mass is 15.3. The predicted molar refractivity (Wildman–Crippen MR) is 79.3 cm³/mol. The van der Waals surface area contributed by atoms with Crippen LogP contribution in [-0.4, -0.2) is 16.3 Å². The minimum atomic E-state index is 0.472. The van der Waals surface area contributed by atoms with Crippen molar-refractivity contribution in [3.05, 3.63) is 40.6 Å². The van der Waals surface area contributed by atoms with E-state index in [2.05, 4.69) is 55.9 Å². The Hall–Kier alpha value is -1.77. The van der Waals surface area contributed by atoms with Crippen LogP contribution >= 0.6 is 0 Å². The summed E-state index contributed by atoms with van der Waals surface area (Å²) in [6, 6.07) is 6.54. The lowest BCUT2D eigenvalue weighted by Gasteiger charge is -2.10. The molecule has 1 aromatic carbocycles. The van der Waals surface area contributed by atoms with Gasteiger partial charge in [-0.05, 0) is 43.4 Å². The van der Waals surface area contributed by atoms with Crippen LogP contribution in [0.15, 0.2) is 18.2 Å². The van der Waals surface area contributed by atoms with Crippen LogP contribution in [0.4, 0.5) is 5.82 Å². The normalized spacial score (nSPS) is 13.7. The molecule has 19 heavy (non-hydrogen) atoms. The van der Waals surface area contributed by atoms with Gasteiger partial charge < -0.3 is 5.32 Å². The summed E-state index contributed by atoms with van der Waals surface area (Å²) in [6.45, 7) is 9.73. The molecule has 0 saturated heterocycles. The summed E-state index contributed by atoms with van der Waals surface area (Å²) >= 11 is 0. The third kappa shape index (κ3) is 1.93. The molecule has 0 amide bonds. The molecule has 0 bridgehead atoms. The van der Waals surface area contributed by atoms with Crippen molar-refractivity contribution in [3.63, 3.8) is 0 Å². The van der Waals surface area contributed by atoms with Gasteiger partial charge in [-0.25, -0.2) is 4.68 Å². The van der Waals surface area contributed by atoms with Crippen LogP contribution in [0.2, 0.25) is 0 Å². The summed E-state index contributed by atoms with van der Waals surface area (Å²) < 4.78 is 2.10. The number of aromatic nitrogens is 2. The number of hydrogen-bond acceptors (Lipinski definition) is 2. The monoisotopic (exact) mass is 255 g/mol. The topological polar surface area (TPSA) is 29.9 Å². The number of rotatable bonds is 2. The maximum absolute atomic E-state index is 4.86. The first kappa shape index (κ1) is 12.3. The Morgan fingerprint density at radius 1 is 1.26 bits per heavy atom. The maximum Gasteiger partial charge on any atom is 0.133 e. The first-order valence-electron chi connectivity index (χ1n) is 7.01. The molecule has 0 spiro atoms. The lowest BCUT2D eigenvalue weighted by atomic mass is 10.1. The van der Waals surface area contributed by atoms with Crippen molar-refractivity contribution < 1.29 is 0 Å². The van der Waals surface area contributed by atoms with Gasteiger partial charge in [0.2, 0.25) is 0 Å². The zero-order chi connectivity index (χ0) is 13.6. The van der Waals surface area contributed by atoms with Crippen LogP contribution in [-0.2, 0) is 6.42 Å². The number of fused-ring (bicyclic) bond motifs is 1. The lowest BCUT2D eigenvalue weighted by Crippen LogP contribution is -2.07. The molecule has 100 valence electrons. The summed E-state index contributed by atoms with van der Waals surface area (Å²) in [5, 5.41) is 8.35. The number of nitrogens with zero attached hydrogens (tertiary/aromatic N) is 2. The predicted octanol–water partition coefficient (Wildman–Crippen LogP) is 3.58. The number of hydrogen-bond donors (Lipinski definition) is 1. The van der Waals surface area contributed by atoms with Crippen molar-refractivity contribution in [1.29, 1.82) is 0 Å². The Morgan fingerprint density at radius 3 is 2.79 bits per heavy atom. The Morgan fingerprint density at radius 2 is 2.05 bits per heavy atom. The molecule has 1 aliphatic heterocycles. The smallest absolute Gasteiger partial charge is 0.133 e. The summed E-state index contributed by atoms with van der Waals surface area (Å²) in [7, 11) is 0. The summed E-state index contributed by atoms with van der Waals surface area (Å²) in [6.07, 6.45) is 1.09. The largest absolute Gasteiger partial charge is 0.369 e. The van der Waals surface area contributed by atoms with E-state index in [0.717, 1.165) is 13.0 Å². The second-order valence-electron chi connectivity index (χ2n) is 5.75. The molecular weight excluding hydrogens is 234 g/mol. The van der Waals surface area contributed by atoms with Gasteiger partial charge in [-0.2, -0.15) is 5.10 Å². The average molecular weight is 255 g/mol. The quantitative estimate of drug-likeness (QED) is 0.889. The molecule has 3 nitrogen and oxygen atoms in total. The van der Waals surface area contributed by atoms with E-state index < -0.39 is 0 Å². The van der Waals surface area contributed by atoms with Crippen molar-refractivity contribution >= 4 is 5.82 Å². The summed E-state index contributed by atoms with van der Waals surface area (Å²) in [4.78, 5) is 0. The average Bonchev–Trinajstić information content (AvgIpc) is 2.93. The van der Waals surface area contributed by atoms with Gasteiger partial charge >= 0.3 is 0 Å². The van der Waals surface area contributed by atoms with Crippen molar-refractivity contribution in [3.8, 4) is 5.69 Å². The fraction of sp³-hybridized carbons (Fsp3) is 0.438. The highest BCUT2D eigenvalue weighted by Crippen LogP contribution is 2.33. The van der Waals surface area contributed by atoms with Gasteiger partial charge in [0.25, 0.3) is 0 Å². The van der Waals surface area contributed by atoms with E-state index >= 15 is 0 Å². The van der Waals surface area contributed by atoms with E-state index in [9.17, 15) is 0 Å². The van der Waals surface area contributed by atoms with Crippen molar-refractivity contribution in [1.82, 2.24) is 9.78 Å². The zero-order valence-electron chi connectivity index (χ0n) is 12.1. The molecule has 3 heteroatoms. The van der Waals surface area contributed by atoms with E-state index in [4.69, 9.17) is 5.10 Å². The van der Waals surface area contributed by atoms with E-state index in [1.807, 2.05) is 0 Å². The number of aryl methyl sites for hydroxylation is 2. The Bertz CT molecular complexity index is 623. The fourth-order valence-electron chi connectivity index (χ4n) is 2.79. The van der Waals surface area contributed by atoms with Crippen LogP contribution in [0.1, 0.15) is 42.1 Å². The fourth-order valence-corrected chi connectivity index (χ4v) is 2.79. The summed E-state index contributed by atoms with van der Waals surface area (Å²) in [5.74, 6) is 1.66. The third-order valence-corrected chi connectivity index (χ3v) is 3.82. The highest BCUT2D eigenvalue weighted by molar-refractivity contribution is 5.59. The molecule has 1 N–H and O–H groups in total. The van der Waals surface area contributed by atoms with E-state index in [0.29, 0.717) is 5.92 Å². The van der Waals surface area contributed by atoms with Gasteiger partial charge in [0.15, 0.2) is 0 Å². The minimum absolute atomic E-state index is 0.472. The Labute approximate surface area is 114 Å². The van der Waals surface area contributed by atoms with Crippen LogP contribution in [0, 0.1) is 13.8 Å². The van der Waals surface area contributed by atoms with Gasteiger partial charge in [-0.1, -0.05) is 26.0 Å².